The predicted molar refractivity (Wildman–Crippen MR) is 104 cm³/mol. The lowest BCUT2D eigenvalue weighted by atomic mass is 9.68. The van der Waals surface area contributed by atoms with Gasteiger partial charge >= 0.3 is 0 Å². The molecule has 2 aliphatic carbocycles. The van der Waals surface area contributed by atoms with Crippen LogP contribution in [0.4, 0.5) is 0 Å². The third-order valence-corrected chi connectivity index (χ3v) is 7.11. The molecule has 2 fully saturated rings. The maximum Gasteiger partial charge on any atom is 0.126 e. The predicted octanol–water partition coefficient (Wildman–Crippen LogP) is 7.47. The first-order valence-electron chi connectivity index (χ1n) is 11.3. The van der Waals surface area contributed by atoms with Gasteiger partial charge < -0.3 is 4.79 Å². The molecule has 1 atom stereocenters. The molecule has 0 aromatic heterocycles. The molecule has 24 heavy (non-hydrogen) atoms. The third-order valence-electron chi connectivity index (χ3n) is 7.11. The van der Waals surface area contributed by atoms with Crippen molar-refractivity contribution in [2.24, 2.45) is 17.3 Å². The van der Waals surface area contributed by atoms with Gasteiger partial charge in [-0.15, -0.1) is 0 Å². The Bertz CT molecular complexity index is 323. The number of carbonyl (C=O) groups is 1. The molecule has 0 aliphatic heterocycles. The molecule has 2 rings (SSSR count). The molecule has 0 N–H and O–H groups in total. The summed E-state index contributed by atoms with van der Waals surface area (Å²) < 4.78 is 0. The monoisotopic (exact) mass is 334 g/mol. The molecule has 0 amide bonds. The standard InChI is InChI=1S/C23H42O/c1-2-3-4-5-8-15-22(21-13-9-6-10-14-21)16-19-23(20-24)17-11-7-12-18-23/h20-22H,2-19H2,1H3. The highest BCUT2D eigenvalue weighted by molar-refractivity contribution is 5.59. The van der Waals surface area contributed by atoms with E-state index in [4.69, 9.17) is 0 Å². The second kappa shape index (κ2) is 11.3. The summed E-state index contributed by atoms with van der Waals surface area (Å²) in [6, 6.07) is 0. The summed E-state index contributed by atoms with van der Waals surface area (Å²) in [7, 11) is 0. The fourth-order valence-electron chi connectivity index (χ4n) is 5.39. The van der Waals surface area contributed by atoms with Crippen molar-refractivity contribution in [3.8, 4) is 0 Å². The Morgan fingerprint density at radius 2 is 1.54 bits per heavy atom. The number of carbonyl (C=O) groups excluding carboxylic acids is 1. The molecule has 0 aromatic rings. The lowest BCUT2D eigenvalue weighted by Gasteiger charge is -2.36. The van der Waals surface area contributed by atoms with Crippen LogP contribution in [0.2, 0.25) is 0 Å². The third kappa shape index (κ3) is 6.52. The fourth-order valence-corrected chi connectivity index (χ4v) is 5.39. The highest BCUT2D eigenvalue weighted by Crippen LogP contribution is 2.42. The molecule has 2 aliphatic rings. The van der Waals surface area contributed by atoms with Crippen LogP contribution in [0.15, 0.2) is 0 Å². The van der Waals surface area contributed by atoms with Crippen molar-refractivity contribution in [3.05, 3.63) is 0 Å². The van der Waals surface area contributed by atoms with Crippen molar-refractivity contribution in [1.29, 1.82) is 0 Å². The topological polar surface area (TPSA) is 17.1 Å². The van der Waals surface area contributed by atoms with E-state index in [1.54, 1.807) is 0 Å². The average Bonchev–Trinajstić information content (AvgIpc) is 2.65. The minimum absolute atomic E-state index is 0.0629. The first-order valence-corrected chi connectivity index (χ1v) is 11.3. The molecular formula is C23H42O. The zero-order valence-corrected chi connectivity index (χ0v) is 16.4. The maximum absolute atomic E-state index is 11.8. The van der Waals surface area contributed by atoms with Crippen molar-refractivity contribution < 1.29 is 4.79 Å². The summed E-state index contributed by atoms with van der Waals surface area (Å²) in [5.74, 6) is 1.88. The van der Waals surface area contributed by atoms with Gasteiger partial charge in [0.05, 0.1) is 0 Å². The summed E-state index contributed by atoms with van der Waals surface area (Å²) in [4.78, 5) is 11.8. The van der Waals surface area contributed by atoms with E-state index in [1.807, 2.05) is 0 Å². The maximum atomic E-state index is 11.8. The van der Waals surface area contributed by atoms with Crippen LogP contribution in [-0.2, 0) is 4.79 Å². The Kier molecular flexibility index (Phi) is 9.43. The Labute approximate surface area is 151 Å². The normalized spacial score (nSPS) is 23.0. The highest BCUT2D eigenvalue weighted by Gasteiger charge is 2.33. The molecule has 0 bridgehead atoms. The van der Waals surface area contributed by atoms with Gasteiger partial charge in [0.2, 0.25) is 0 Å². The second-order valence-corrected chi connectivity index (χ2v) is 8.94. The van der Waals surface area contributed by atoms with Crippen LogP contribution >= 0.6 is 0 Å². The smallest absolute Gasteiger partial charge is 0.126 e. The Morgan fingerprint density at radius 1 is 0.875 bits per heavy atom. The first kappa shape index (κ1) is 20.0. The fraction of sp³-hybridized carbons (Fsp3) is 0.957. The molecule has 2 saturated carbocycles. The molecule has 0 heterocycles. The lowest BCUT2D eigenvalue weighted by molar-refractivity contribution is -0.118. The van der Waals surface area contributed by atoms with Crippen molar-refractivity contribution in [2.75, 3.05) is 0 Å². The number of hydrogen-bond acceptors (Lipinski definition) is 1. The van der Waals surface area contributed by atoms with Gasteiger partial charge in [-0.2, -0.15) is 0 Å². The minimum atomic E-state index is 0.0629. The SMILES string of the molecule is CCCCCCCC(CCC1(C=O)CCCCC1)C1CCCCC1. The van der Waals surface area contributed by atoms with Crippen LogP contribution < -0.4 is 0 Å². The van der Waals surface area contributed by atoms with Crippen molar-refractivity contribution in [2.45, 2.75) is 122 Å². The van der Waals surface area contributed by atoms with Gasteiger partial charge in [-0.05, 0) is 37.5 Å². The number of rotatable bonds is 11. The van der Waals surface area contributed by atoms with Gasteiger partial charge in [0.25, 0.3) is 0 Å². The Balaban J connectivity index is 1.82. The van der Waals surface area contributed by atoms with E-state index < -0.39 is 0 Å². The van der Waals surface area contributed by atoms with Crippen LogP contribution in [0.1, 0.15) is 122 Å². The van der Waals surface area contributed by atoms with E-state index in [0.29, 0.717) is 0 Å². The van der Waals surface area contributed by atoms with Gasteiger partial charge in [-0.25, -0.2) is 0 Å². The number of aldehydes is 1. The Morgan fingerprint density at radius 3 is 2.21 bits per heavy atom. The minimum Gasteiger partial charge on any atom is -0.303 e. The molecule has 0 radical (unpaired) electrons. The van der Waals surface area contributed by atoms with Crippen LogP contribution in [0, 0.1) is 17.3 Å². The second-order valence-electron chi connectivity index (χ2n) is 8.94. The molecule has 1 nitrogen and oxygen atoms in total. The van der Waals surface area contributed by atoms with Crippen LogP contribution in [-0.4, -0.2) is 6.29 Å². The molecule has 0 saturated heterocycles. The lowest BCUT2D eigenvalue weighted by Crippen LogP contribution is -2.28. The molecular weight excluding hydrogens is 292 g/mol. The van der Waals surface area contributed by atoms with Gasteiger partial charge in [0.15, 0.2) is 0 Å². The van der Waals surface area contributed by atoms with E-state index in [0.717, 1.165) is 11.8 Å². The van der Waals surface area contributed by atoms with Crippen molar-refractivity contribution >= 4 is 6.29 Å². The van der Waals surface area contributed by atoms with Crippen molar-refractivity contribution in [1.82, 2.24) is 0 Å². The van der Waals surface area contributed by atoms with Gasteiger partial charge in [-0.3, -0.25) is 0 Å². The molecule has 1 heteroatoms. The van der Waals surface area contributed by atoms with Crippen molar-refractivity contribution in [3.63, 3.8) is 0 Å². The molecule has 140 valence electrons. The highest BCUT2D eigenvalue weighted by atomic mass is 16.1. The zero-order valence-electron chi connectivity index (χ0n) is 16.4. The number of unbranched alkanes of at least 4 members (excludes halogenated alkanes) is 4. The summed E-state index contributed by atoms with van der Waals surface area (Å²) in [6.07, 6.45) is 25.9. The summed E-state index contributed by atoms with van der Waals surface area (Å²) in [5.41, 5.74) is 0.0629. The van der Waals surface area contributed by atoms with E-state index in [1.165, 1.54) is 122 Å². The molecule has 0 spiro atoms. The largest absolute Gasteiger partial charge is 0.303 e. The zero-order chi connectivity index (χ0) is 17.1. The van der Waals surface area contributed by atoms with E-state index in [9.17, 15) is 4.79 Å². The van der Waals surface area contributed by atoms with Crippen LogP contribution in [0.5, 0.6) is 0 Å². The number of hydrogen-bond donors (Lipinski definition) is 0. The van der Waals surface area contributed by atoms with Gasteiger partial charge in [0, 0.05) is 5.41 Å². The summed E-state index contributed by atoms with van der Waals surface area (Å²) in [6.45, 7) is 2.30. The van der Waals surface area contributed by atoms with E-state index >= 15 is 0 Å². The first-order chi connectivity index (χ1) is 11.8. The summed E-state index contributed by atoms with van der Waals surface area (Å²) in [5, 5.41) is 0. The quantitative estimate of drug-likeness (QED) is 0.283. The average molecular weight is 335 g/mol. The van der Waals surface area contributed by atoms with Gasteiger partial charge in [-0.1, -0.05) is 96.8 Å². The molecule has 1 unspecified atom stereocenters. The Hall–Kier alpha value is -0.330. The summed E-state index contributed by atoms with van der Waals surface area (Å²) >= 11 is 0. The molecule has 0 aromatic carbocycles. The van der Waals surface area contributed by atoms with Crippen LogP contribution in [0.25, 0.3) is 0 Å². The van der Waals surface area contributed by atoms with Gasteiger partial charge in [0.1, 0.15) is 6.29 Å². The van der Waals surface area contributed by atoms with E-state index in [2.05, 4.69) is 6.92 Å². The van der Waals surface area contributed by atoms with Crippen LogP contribution in [0.3, 0.4) is 0 Å². The van der Waals surface area contributed by atoms with E-state index in [-0.39, 0.29) is 5.41 Å².